The molecule has 0 spiro atoms. The minimum Gasteiger partial charge on any atom is -0.381 e. The van der Waals surface area contributed by atoms with E-state index in [0.29, 0.717) is 12.1 Å². The van der Waals surface area contributed by atoms with Crippen LogP contribution in [-0.4, -0.2) is 49.8 Å². The Hall–Kier alpha value is -0.120. The van der Waals surface area contributed by atoms with Crippen LogP contribution in [0.3, 0.4) is 0 Å². The molecular weight excluding hydrogens is 236 g/mol. The third-order valence-corrected chi connectivity index (χ3v) is 3.91. The molecule has 1 fully saturated rings. The molecule has 0 aromatic carbocycles. The molecule has 2 unspecified atom stereocenters. The molecule has 3 nitrogen and oxygen atoms in total. The summed E-state index contributed by atoms with van der Waals surface area (Å²) in [5.74, 6) is 0.783. The Kier molecular flexibility index (Phi) is 8.67. The van der Waals surface area contributed by atoms with Crippen molar-refractivity contribution < 1.29 is 4.74 Å². The van der Waals surface area contributed by atoms with E-state index in [0.717, 1.165) is 25.7 Å². The summed E-state index contributed by atoms with van der Waals surface area (Å²) >= 11 is 0. The Morgan fingerprint density at radius 3 is 2.68 bits per heavy atom. The van der Waals surface area contributed by atoms with Gasteiger partial charge in [-0.2, -0.15) is 0 Å². The van der Waals surface area contributed by atoms with Crippen LogP contribution >= 0.6 is 0 Å². The second-order valence-corrected chi connectivity index (χ2v) is 6.40. The van der Waals surface area contributed by atoms with Gasteiger partial charge in [0.2, 0.25) is 0 Å². The summed E-state index contributed by atoms with van der Waals surface area (Å²) in [5.41, 5.74) is 0. The summed E-state index contributed by atoms with van der Waals surface area (Å²) in [7, 11) is 0. The molecule has 0 aromatic heterocycles. The maximum absolute atomic E-state index is 5.65. The van der Waals surface area contributed by atoms with Gasteiger partial charge in [-0.25, -0.2) is 0 Å². The fourth-order valence-electron chi connectivity index (χ4n) is 2.75. The van der Waals surface area contributed by atoms with Crippen molar-refractivity contribution >= 4 is 0 Å². The number of unbranched alkanes of at least 4 members (excludes halogenated alkanes) is 1. The predicted octanol–water partition coefficient (Wildman–Crippen LogP) is 2.90. The van der Waals surface area contributed by atoms with Crippen molar-refractivity contribution in [1.29, 1.82) is 0 Å². The van der Waals surface area contributed by atoms with E-state index >= 15 is 0 Å². The molecule has 114 valence electrons. The fourth-order valence-corrected chi connectivity index (χ4v) is 2.75. The van der Waals surface area contributed by atoms with E-state index in [1.165, 1.54) is 38.8 Å². The highest BCUT2D eigenvalue weighted by Crippen LogP contribution is 2.13. The lowest BCUT2D eigenvalue weighted by molar-refractivity contribution is 0.0928. The van der Waals surface area contributed by atoms with Crippen molar-refractivity contribution in [3.05, 3.63) is 0 Å². The lowest BCUT2D eigenvalue weighted by atomic mass is 10.00. The monoisotopic (exact) mass is 270 g/mol. The van der Waals surface area contributed by atoms with Crippen LogP contribution in [0.2, 0.25) is 0 Å². The number of hydrogen-bond donors (Lipinski definition) is 1. The van der Waals surface area contributed by atoms with Crippen molar-refractivity contribution in [3.63, 3.8) is 0 Å². The first-order chi connectivity index (χ1) is 9.13. The van der Waals surface area contributed by atoms with Crippen LogP contribution in [0.4, 0.5) is 0 Å². The average Bonchev–Trinajstić information content (AvgIpc) is 2.36. The normalized spacial score (nSPS) is 25.1. The van der Waals surface area contributed by atoms with Gasteiger partial charge < -0.3 is 10.1 Å². The molecule has 2 atom stereocenters. The highest BCUT2D eigenvalue weighted by Gasteiger charge is 2.24. The highest BCUT2D eigenvalue weighted by atomic mass is 16.5. The molecule has 19 heavy (non-hydrogen) atoms. The van der Waals surface area contributed by atoms with E-state index in [-0.39, 0.29) is 0 Å². The summed E-state index contributed by atoms with van der Waals surface area (Å²) in [6.07, 6.45) is 4.88. The van der Waals surface area contributed by atoms with Crippen LogP contribution in [0.1, 0.15) is 53.4 Å². The Morgan fingerprint density at radius 1 is 1.26 bits per heavy atom. The topological polar surface area (TPSA) is 24.5 Å². The van der Waals surface area contributed by atoms with Crippen LogP contribution in [0, 0.1) is 5.92 Å². The molecule has 0 aliphatic carbocycles. The number of nitrogens with zero attached hydrogens (tertiary/aromatic N) is 1. The summed E-state index contributed by atoms with van der Waals surface area (Å²) < 4.78 is 5.65. The number of ether oxygens (including phenoxy) is 1. The number of nitrogens with one attached hydrogen (secondary N) is 1. The summed E-state index contributed by atoms with van der Waals surface area (Å²) in [5, 5.41) is 3.68. The molecule has 0 aromatic rings. The van der Waals surface area contributed by atoms with Gasteiger partial charge in [0.25, 0.3) is 0 Å². The third-order valence-electron chi connectivity index (χ3n) is 3.91. The van der Waals surface area contributed by atoms with Gasteiger partial charge in [0.1, 0.15) is 0 Å². The van der Waals surface area contributed by atoms with E-state index in [9.17, 15) is 0 Å². The number of rotatable bonds is 9. The van der Waals surface area contributed by atoms with Gasteiger partial charge in [-0.3, -0.25) is 4.90 Å². The lowest BCUT2D eigenvalue weighted by Crippen LogP contribution is -2.55. The van der Waals surface area contributed by atoms with E-state index in [4.69, 9.17) is 4.74 Å². The largest absolute Gasteiger partial charge is 0.381 e. The Labute approximate surface area is 120 Å². The fraction of sp³-hybridized carbons (Fsp3) is 1.00. The van der Waals surface area contributed by atoms with Crippen LogP contribution < -0.4 is 5.32 Å². The van der Waals surface area contributed by atoms with E-state index < -0.39 is 0 Å². The third kappa shape index (κ3) is 7.28. The maximum atomic E-state index is 5.65. The zero-order valence-electron chi connectivity index (χ0n) is 13.5. The average molecular weight is 270 g/mol. The van der Waals surface area contributed by atoms with E-state index in [1.54, 1.807) is 0 Å². The van der Waals surface area contributed by atoms with Crippen LogP contribution in [0.15, 0.2) is 0 Å². The zero-order chi connectivity index (χ0) is 14.1. The highest BCUT2D eigenvalue weighted by molar-refractivity contribution is 4.84. The Bertz CT molecular complexity index is 221. The van der Waals surface area contributed by atoms with Crippen molar-refractivity contribution in [3.8, 4) is 0 Å². The molecule has 3 heteroatoms. The smallest absolute Gasteiger partial charge is 0.0478 e. The second kappa shape index (κ2) is 9.73. The minimum atomic E-state index is 0.666. The summed E-state index contributed by atoms with van der Waals surface area (Å²) in [6, 6.07) is 1.34. The van der Waals surface area contributed by atoms with Crippen molar-refractivity contribution in [2.45, 2.75) is 65.5 Å². The first-order valence-corrected chi connectivity index (χ1v) is 8.18. The second-order valence-electron chi connectivity index (χ2n) is 6.40. The van der Waals surface area contributed by atoms with Gasteiger partial charge >= 0.3 is 0 Å². The Morgan fingerprint density at radius 2 is 2.00 bits per heavy atom. The molecule has 1 aliphatic heterocycles. The summed E-state index contributed by atoms with van der Waals surface area (Å²) in [4.78, 5) is 2.63. The lowest BCUT2D eigenvalue weighted by Gasteiger charge is -2.39. The number of hydrogen-bond acceptors (Lipinski definition) is 3. The summed E-state index contributed by atoms with van der Waals surface area (Å²) in [6.45, 7) is 14.5. The van der Waals surface area contributed by atoms with Crippen LogP contribution in [0.5, 0.6) is 0 Å². The number of piperazine rings is 1. The van der Waals surface area contributed by atoms with E-state index in [2.05, 4.69) is 37.9 Å². The van der Waals surface area contributed by atoms with Gasteiger partial charge in [-0.15, -0.1) is 0 Å². The van der Waals surface area contributed by atoms with Crippen molar-refractivity contribution in [2.24, 2.45) is 5.92 Å². The standard InChI is InChI=1S/C16H34N2O/c1-5-6-9-19-10-7-8-18-13-16(11-14(2)3)17-12-15(18)4/h14-17H,5-13H2,1-4H3. The molecule has 1 heterocycles. The zero-order valence-corrected chi connectivity index (χ0v) is 13.5. The predicted molar refractivity (Wildman–Crippen MR) is 82.6 cm³/mol. The van der Waals surface area contributed by atoms with Gasteiger partial charge in [-0.1, -0.05) is 27.2 Å². The maximum Gasteiger partial charge on any atom is 0.0478 e. The molecule has 1 N–H and O–H groups in total. The molecule has 0 bridgehead atoms. The molecule has 0 amide bonds. The molecule has 0 saturated carbocycles. The van der Waals surface area contributed by atoms with Crippen LogP contribution in [-0.2, 0) is 4.74 Å². The van der Waals surface area contributed by atoms with Gasteiger partial charge in [0.05, 0.1) is 0 Å². The van der Waals surface area contributed by atoms with Gasteiger partial charge in [0, 0.05) is 44.9 Å². The molecule has 1 aliphatic rings. The Balaban J connectivity index is 2.15. The van der Waals surface area contributed by atoms with Gasteiger partial charge in [-0.05, 0) is 32.1 Å². The molecular formula is C16H34N2O. The van der Waals surface area contributed by atoms with Gasteiger partial charge in [0.15, 0.2) is 0 Å². The first-order valence-electron chi connectivity index (χ1n) is 8.18. The molecule has 1 saturated heterocycles. The quantitative estimate of drug-likeness (QED) is 0.652. The van der Waals surface area contributed by atoms with Crippen LogP contribution in [0.25, 0.3) is 0 Å². The van der Waals surface area contributed by atoms with Crippen molar-refractivity contribution in [1.82, 2.24) is 10.2 Å². The van der Waals surface area contributed by atoms with E-state index in [1.807, 2.05) is 0 Å². The minimum absolute atomic E-state index is 0.666. The van der Waals surface area contributed by atoms with Crippen molar-refractivity contribution in [2.75, 3.05) is 32.8 Å². The molecule has 0 radical (unpaired) electrons. The molecule has 1 rings (SSSR count). The SMILES string of the molecule is CCCCOCCCN1CC(CC(C)C)NCC1C. The first kappa shape index (κ1) is 16.9.